The van der Waals surface area contributed by atoms with Crippen molar-refractivity contribution in [1.29, 1.82) is 0 Å². The summed E-state index contributed by atoms with van der Waals surface area (Å²) in [5.41, 5.74) is -1.74. The monoisotopic (exact) mass is 321 g/mol. The number of ketones is 1. The van der Waals surface area contributed by atoms with Gasteiger partial charge in [0.1, 0.15) is 11.6 Å². The van der Waals surface area contributed by atoms with Crippen molar-refractivity contribution < 1.29 is 23.5 Å². The molecule has 0 aliphatic rings. The van der Waals surface area contributed by atoms with Gasteiger partial charge in [0.15, 0.2) is 5.78 Å². The molecule has 23 heavy (non-hydrogen) atoms. The number of carbonyl (C=O) groups excluding carboxylic acids is 2. The summed E-state index contributed by atoms with van der Waals surface area (Å²) in [6.45, 7) is 1.83. The van der Waals surface area contributed by atoms with Crippen LogP contribution in [-0.2, 0) is 4.79 Å². The Kier molecular flexibility index (Phi) is 6.17. The molecule has 0 aliphatic heterocycles. The minimum Gasteiger partial charge on any atom is -0.382 e. The van der Waals surface area contributed by atoms with Crippen molar-refractivity contribution >= 4 is 17.8 Å². The lowest BCUT2D eigenvalue weighted by molar-refractivity contribution is -0.138. The molecule has 2 N–H and O–H groups in total. The predicted molar refractivity (Wildman–Crippen MR) is 82.9 cm³/mol. The van der Waals surface area contributed by atoms with E-state index in [4.69, 9.17) is 6.42 Å². The van der Waals surface area contributed by atoms with Crippen LogP contribution in [0.25, 0.3) is 6.08 Å². The molecule has 0 saturated carbocycles. The first-order chi connectivity index (χ1) is 10.7. The standard InChI is InChI=1S/C17H17F2NO3/c1-4-5-6-12-7-9-13(10-8-12)15(22)20-14(11(2)21)17(3,23)16(18)19/h1,5-10,14,16,23H,2-3H3,(H,20,22)/b6-5+/t14-,17+/m1/s1. The summed E-state index contributed by atoms with van der Waals surface area (Å²) in [5, 5.41) is 11.9. The number of aliphatic hydroxyl groups is 1. The van der Waals surface area contributed by atoms with E-state index in [-0.39, 0.29) is 5.56 Å². The minimum absolute atomic E-state index is 0.166. The van der Waals surface area contributed by atoms with E-state index < -0.39 is 29.8 Å². The maximum atomic E-state index is 12.9. The van der Waals surface area contributed by atoms with E-state index >= 15 is 0 Å². The van der Waals surface area contributed by atoms with E-state index in [2.05, 4.69) is 11.2 Å². The van der Waals surface area contributed by atoms with Crippen LogP contribution in [0.1, 0.15) is 29.8 Å². The summed E-state index contributed by atoms with van der Waals surface area (Å²) < 4.78 is 25.7. The van der Waals surface area contributed by atoms with E-state index in [1.165, 1.54) is 18.2 Å². The number of benzene rings is 1. The van der Waals surface area contributed by atoms with Crippen molar-refractivity contribution in [3.63, 3.8) is 0 Å². The number of allylic oxidation sites excluding steroid dienone is 1. The van der Waals surface area contributed by atoms with Crippen LogP contribution < -0.4 is 5.32 Å². The number of hydrogen-bond acceptors (Lipinski definition) is 3. The molecule has 122 valence electrons. The molecule has 1 aromatic carbocycles. The molecule has 0 radical (unpaired) electrons. The van der Waals surface area contributed by atoms with Crippen LogP contribution in [0.5, 0.6) is 0 Å². The molecule has 0 aromatic heterocycles. The van der Waals surface area contributed by atoms with E-state index in [9.17, 15) is 23.5 Å². The van der Waals surface area contributed by atoms with Crippen molar-refractivity contribution in [3.05, 3.63) is 41.5 Å². The number of rotatable bonds is 6. The molecule has 1 aromatic rings. The topological polar surface area (TPSA) is 66.4 Å². The second-order valence-corrected chi connectivity index (χ2v) is 5.17. The van der Waals surface area contributed by atoms with Gasteiger partial charge >= 0.3 is 0 Å². The average molecular weight is 321 g/mol. The van der Waals surface area contributed by atoms with Crippen LogP contribution in [0.2, 0.25) is 0 Å². The highest BCUT2D eigenvalue weighted by molar-refractivity contribution is 5.98. The van der Waals surface area contributed by atoms with Gasteiger partial charge in [-0.3, -0.25) is 9.59 Å². The maximum Gasteiger partial charge on any atom is 0.269 e. The predicted octanol–water partition coefficient (Wildman–Crippen LogP) is 2.04. The number of alkyl halides is 2. The van der Waals surface area contributed by atoms with Crippen LogP contribution in [0.15, 0.2) is 30.3 Å². The lowest BCUT2D eigenvalue weighted by Crippen LogP contribution is -2.58. The quantitative estimate of drug-likeness (QED) is 0.788. The van der Waals surface area contributed by atoms with Crippen LogP contribution in [0.4, 0.5) is 8.78 Å². The average Bonchev–Trinajstić information content (AvgIpc) is 2.50. The fourth-order valence-corrected chi connectivity index (χ4v) is 1.89. The summed E-state index contributed by atoms with van der Waals surface area (Å²) in [6, 6.07) is 4.42. The van der Waals surface area contributed by atoms with E-state index in [1.54, 1.807) is 18.2 Å². The van der Waals surface area contributed by atoms with Gasteiger partial charge in [-0.15, -0.1) is 6.42 Å². The molecular formula is C17H17F2NO3. The SMILES string of the molecule is C#C/C=C/c1ccc(C(=O)N[C@H](C(C)=O)[C@](C)(O)C(F)F)cc1. The fraction of sp³-hybridized carbons (Fsp3) is 0.294. The highest BCUT2D eigenvalue weighted by atomic mass is 19.3. The molecule has 0 saturated heterocycles. The van der Waals surface area contributed by atoms with Crippen molar-refractivity contribution in [1.82, 2.24) is 5.32 Å². The molecule has 2 atom stereocenters. The Labute approximate surface area is 133 Å². The number of amides is 1. The van der Waals surface area contributed by atoms with E-state index in [0.717, 1.165) is 19.4 Å². The van der Waals surface area contributed by atoms with Gasteiger partial charge in [0.2, 0.25) is 0 Å². The lowest BCUT2D eigenvalue weighted by Gasteiger charge is -2.30. The lowest BCUT2D eigenvalue weighted by atomic mass is 9.93. The van der Waals surface area contributed by atoms with Gasteiger partial charge in [-0.1, -0.05) is 18.1 Å². The Morgan fingerprint density at radius 2 is 1.91 bits per heavy atom. The highest BCUT2D eigenvalue weighted by Gasteiger charge is 2.44. The van der Waals surface area contributed by atoms with E-state index in [0.29, 0.717) is 0 Å². The number of carbonyl (C=O) groups is 2. The zero-order chi connectivity index (χ0) is 17.6. The van der Waals surface area contributed by atoms with Crippen molar-refractivity contribution in [2.24, 2.45) is 0 Å². The zero-order valence-electron chi connectivity index (χ0n) is 12.7. The molecule has 0 heterocycles. The van der Waals surface area contributed by atoms with Gasteiger partial charge in [-0.05, 0) is 43.7 Å². The first-order valence-corrected chi connectivity index (χ1v) is 6.74. The molecule has 0 unspecified atom stereocenters. The Morgan fingerprint density at radius 3 is 2.35 bits per heavy atom. The number of Topliss-reactive ketones (excluding diaryl/α,β-unsaturated/α-hetero) is 1. The molecule has 6 heteroatoms. The molecule has 0 fully saturated rings. The third-order valence-corrected chi connectivity index (χ3v) is 3.25. The Bertz CT molecular complexity index is 643. The second kappa shape index (κ2) is 7.65. The van der Waals surface area contributed by atoms with E-state index in [1.807, 2.05) is 0 Å². The van der Waals surface area contributed by atoms with Gasteiger partial charge in [-0.2, -0.15) is 0 Å². The molecule has 4 nitrogen and oxygen atoms in total. The van der Waals surface area contributed by atoms with Gasteiger partial charge in [0.05, 0.1) is 0 Å². The third kappa shape index (κ3) is 4.73. The molecule has 0 bridgehead atoms. The smallest absolute Gasteiger partial charge is 0.269 e. The van der Waals surface area contributed by atoms with Crippen LogP contribution in [-0.4, -0.2) is 34.9 Å². The van der Waals surface area contributed by atoms with Crippen molar-refractivity contribution in [3.8, 4) is 12.3 Å². The van der Waals surface area contributed by atoms with Crippen LogP contribution >= 0.6 is 0 Å². The fourth-order valence-electron chi connectivity index (χ4n) is 1.89. The molecule has 1 rings (SSSR count). The van der Waals surface area contributed by atoms with Gasteiger partial charge in [0.25, 0.3) is 12.3 Å². The molecule has 0 aliphatic carbocycles. The van der Waals surface area contributed by atoms with Crippen molar-refractivity contribution in [2.45, 2.75) is 31.9 Å². The van der Waals surface area contributed by atoms with Crippen LogP contribution in [0.3, 0.4) is 0 Å². The number of halogens is 2. The van der Waals surface area contributed by atoms with Crippen LogP contribution in [0, 0.1) is 12.3 Å². The molecular weight excluding hydrogens is 304 g/mol. The molecule has 0 spiro atoms. The highest BCUT2D eigenvalue weighted by Crippen LogP contribution is 2.21. The Morgan fingerprint density at radius 1 is 1.35 bits per heavy atom. The summed E-state index contributed by atoms with van der Waals surface area (Å²) in [6.07, 6.45) is 5.04. The summed E-state index contributed by atoms with van der Waals surface area (Å²) in [7, 11) is 0. The first-order valence-electron chi connectivity index (χ1n) is 6.74. The van der Waals surface area contributed by atoms with Gasteiger partial charge in [0, 0.05) is 5.56 Å². The zero-order valence-corrected chi connectivity index (χ0v) is 12.7. The Balaban J connectivity index is 2.94. The first kappa shape index (κ1) is 18.5. The minimum atomic E-state index is -3.19. The third-order valence-electron chi connectivity index (χ3n) is 3.25. The van der Waals surface area contributed by atoms with Crippen molar-refractivity contribution in [2.75, 3.05) is 0 Å². The van der Waals surface area contributed by atoms with Gasteiger partial charge in [-0.25, -0.2) is 8.78 Å². The number of nitrogens with one attached hydrogen (secondary N) is 1. The summed E-state index contributed by atoms with van der Waals surface area (Å²) in [5.74, 6) is 0.819. The second-order valence-electron chi connectivity index (χ2n) is 5.17. The maximum absolute atomic E-state index is 12.9. The summed E-state index contributed by atoms with van der Waals surface area (Å²) >= 11 is 0. The Hall–Kier alpha value is -2.52. The molecule has 1 amide bonds. The number of terminal acetylenes is 1. The number of hydrogen-bond donors (Lipinski definition) is 2. The normalized spacial score (nSPS) is 15.0. The van der Waals surface area contributed by atoms with Gasteiger partial charge < -0.3 is 10.4 Å². The summed E-state index contributed by atoms with van der Waals surface area (Å²) in [4.78, 5) is 23.6. The largest absolute Gasteiger partial charge is 0.382 e.